The second-order valence-electron chi connectivity index (χ2n) is 5.01. The van der Waals surface area contributed by atoms with Crippen LogP contribution >= 0.6 is 0 Å². The van der Waals surface area contributed by atoms with E-state index >= 15 is 0 Å². The molecule has 0 aliphatic heterocycles. The minimum absolute atomic E-state index is 0.350. The van der Waals surface area contributed by atoms with Gasteiger partial charge in [-0.05, 0) is 13.5 Å². The summed E-state index contributed by atoms with van der Waals surface area (Å²) < 4.78 is 5.09. The molecule has 1 N–H and O–H groups in total. The van der Waals surface area contributed by atoms with Crippen molar-refractivity contribution in [2.45, 2.75) is 32.7 Å². The predicted octanol–water partition coefficient (Wildman–Crippen LogP) is 1.79. The number of methoxy groups -OCH3 is 1. The van der Waals surface area contributed by atoms with Gasteiger partial charge < -0.3 is 15.0 Å². The van der Waals surface area contributed by atoms with E-state index in [4.69, 9.17) is 4.74 Å². The Balaban J connectivity index is 2.85. The first-order valence-electron chi connectivity index (χ1n) is 6.80. The lowest BCUT2D eigenvalue weighted by Gasteiger charge is -2.22. The SMILES string of the molecule is CNCc1nc(C(C)C)ncc1N(C)CCCOC. The first-order valence-corrected chi connectivity index (χ1v) is 6.80. The van der Waals surface area contributed by atoms with Crippen molar-refractivity contribution in [1.29, 1.82) is 0 Å². The molecule has 1 aromatic rings. The molecule has 0 aliphatic carbocycles. The van der Waals surface area contributed by atoms with E-state index in [-0.39, 0.29) is 0 Å². The molecule has 1 aromatic heterocycles. The number of nitrogens with zero attached hydrogens (tertiary/aromatic N) is 3. The van der Waals surface area contributed by atoms with Crippen LogP contribution in [0.25, 0.3) is 0 Å². The lowest BCUT2D eigenvalue weighted by molar-refractivity contribution is 0.196. The van der Waals surface area contributed by atoms with Crippen molar-refractivity contribution < 1.29 is 4.74 Å². The normalized spacial score (nSPS) is 11.1. The van der Waals surface area contributed by atoms with Gasteiger partial charge in [0, 0.05) is 39.8 Å². The lowest BCUT2D eigenvalue weighted by atomic mass is 10.2. The summed E-state index contributed by atoms with van der Waals surface area (Å²) in [5.74, 6) is 1.25. The summed E-state index contributed by atoms with van der Waals surface area (Å²) >= 11 is 0. The number of nitrogens with one attached hydrogen (secondary N) is 1. The van der Waals surface area contributed by atoms with Crippen molar-refractivity contribution in [3.8, 4) is 0 Å². The van der Waals surface area contributed by atoms with Crippen LogP contribution in [0, 0.1) is 0 Å². The Labute approximate surface area is 116 Å². The summed E-state index contributed by atoms with van der Waals surface area (Å²) in [6, 6.07) is 0. The predicted molar refractivity (Wildman–Crippen MR) is 78.6 cm³/mol. The first kappa shape index (κ1) is 15.9. The number of hydrogen-bond donors (Lipinski definition) is 1. The zero-order valence-electron chi connectivity index (χ0n) is 12.7. The molecule has 5 heteroatoms. The fraction of sp³-hybridized carbons (Fsp3) is 0.714. The van der Waals surface area contributed by atoms with Crippen molar-refractivity contribution in [3.05, 3.63) is 17.7 Å². The molecule has 0 amide bonds. The Kier molecular flexibility index (Phi) is 6.73. The van der Waals surface area contributed by atoms with Crippen molar-refractivity contribution >= 4 is 5.69 Å². The van der Waals surface area contributed by atoms with Gasteiger partial charge in [0.15, 0.2) is 0 Å². The van der Waals surface area contributed by atoms with Crippen LogP contribution < -0.4 is 10.2 Å². The Morgan fingerprint density at radius 1 is 1.42 bits per heavy atom. The smallest absolute Gasteiger partial charge is 0.131 e. The van der Waals surface area contributed by atoms with Crippen molar-refractivity contribution in [3.63, 3.8) is 0 Å². The minimum Gasteiger partial charge on any atom is -0.385 e. The minimum atomic E-state index is 0.350. The molecule has 0 atom stereocenters. The Hall–Kier alpha value is -1.20. The molecular weight excluding hydrogens is 240 g/mol. The average Bonchev–Trinajstić information content (AvgIpc) is 2.39. The first-order chi connectivity index (χ1) is 9.10. The van der Waals surface area contributed by atoms with Crippen LogP contribution in [0.2, 0.25) is 0 Å². The summed E-state index contributed by atoms with van der Waals surface area (Å²) in [5.41, 5.74) is 2.15. The summed E-state index contributed by atoms with van der Waals surface area (Å²) in [4.78, 5) is 11.3. The molecule has 0 saturated carbocycles. The van der Waals surface area contributed by atoms with Crippen LogP contribution in [0.5, 0.6) is 0 Å². The van der Waals surface area contributed by atoms with E-state index in [0.717, 1.165) is 43.3 Å². The molecule has 0 radical (unpaired) electrons. The van der Waals surface area contributed by atoms with Gasteiger partial charge in [0.25, 0.3) is 0 Å². The van der Waals surface area contributed by atoms with Crippen LogP contribution in [0.1, 0.15) is 37.7 Å². The molecule has 0 spiro atoms. The van der Waals surface area contributed by atoms with E-state index in [1.54, 1.807) is 7.11 Å². The lowest BCUT2D eigenvalue weighted by Crippen LogP contribution is -2.24. The van der Waals surface area contributed by atoms with Gasteiger partial charge in [-0.25, -0.2) is 9.97 Å². The standard InChI is InChI=1S/C14H26N4O/c1-11(2)14-16-10-13(12(17-14)9-15-3)18(4)7-6-8-19-5/h10-11,15H,6-9H2,1-5H3. The zero-order chi connectivity index (χ0) is 14.3. The quantitative estimate of drug-likeness (QED) is 0.727. The largest absolute Gasteiger partial charge is 0.385 e. The van der Waals surface area contributed by atoms with Crippen LogP contribution in [-0.4, -0.2) is 44.3 Å². The molecule has 108 valence electrons. The molecule has 0 aromatic carbocycles. The fourth-order valence-electron chi connectivity index (χ4n) is 1.89. The van der Waals surface area contributed by atoms with Gasteiger partial charge in [0.05, 0.1) is 17.6 Å². The maximum atomic E-state index is 5.09. The molecule has 0 aliphatic rings. The van der Waals surface area contributed by atoms with Gasteiger partial charge in [-0.2, -0.15) is 0 Å². The van der Waals surface area contributed by atoms with Crippen molar-refractivity contribution in [2.24, 2.45) is 0 Å². The van der Waals surface area contributed by atoms with E-state index in [2.05, 4.69) is 41.1 Å². The molecule has 0 fully saturated rings. The van der Waals surface area contributed by atoms with Gasteiger partial charge in [-0.15, -0.1) is 0 Å². The number of rotatable bonds is 8. The number of hydrogen-bond acceptors (Lipinski definition) is 5. The van der Waals surface area contributed by atoms with Crippen LogP contribution in [0.4, 0.5) is 5.69 Å². The van der Waals surface area contributed by atoms with Crippen LogP contribution in [0.15, 0.2) is 6.20 Å². The third kappa shape index (κ3) is 4.76. The summed E-state index contributed by atoms with van der Waals surface area (Å²) in [6.07, 6.45) is 2.93. The number of ether oxygens (including phenoxy) is 1. The molecule has 0 saturated heterocycles. The summed E-state index contributed by atoms with van der Waals surface area (Å²) in [5, 5.41) is 3.17. The maximum Gasteiger partial charge on any atom is 0.131 e. The van der Waals surface area contributed by atoms with Crippen molar-refractivity contribution in [2.75, 3.05) is 39.3 Å². The fourth-order valence-corrected chi connectivity index (χ4v) is 1.89. The average molecular weight is 266 g/mol. The van der Waals surface area contributed by atoms with Gasteiger partial charge in [-0.1, -0.05) is 13.8 Å². The molecule has 0 unspecified atom stereocenters. The van der Waals surface area contributed by atoms with E-state index in [1.807, 2.05) is 13.2 Å². The molecular formula is C14H26N4O. The highest BCUT2D eigenvalue weighted by Crippen LogP contribution is 2.19. The Morgan fingerprint density at radius 3 is 2.74 bits per heavy atom. The molecule has 19 heavy (non-hydrogen) atoms. The zero-order valence-corrected chi connectivity index (χ0v) is 12.7. The highest BCUT2D eigenvalue weighted by Gasteiger charge is 2.12. The second-order valence-corrected chi connectivity index (χ2v) is 5.01. The maximum absolute atomic E-state index is 5.09. The van der Waals surface area contributed by atoms with Gasteiger partial charge >= 0.3 is 0 Å². The highest BCUT2D eigenvalue weighted by molar-refractivity contribution is 5.48. The van der Waals surface area contributed by atoms with Crippen LogP contribution in [-0.2, 0) is 11.3 Å². The van der Waals surface area contributed by atoms with Gasteiger partial charge in [0.1, 0.15) is 5.82 Å². The van der Waals surface area contributed by atoms with E-state index in [1.165, 1.54) is 0 Å². The molecule has 0 bridgehead atoms. The van der Waals surface area contributed by atoms with Crippen LogP contribution in [0.3, 0.4) is 0 Å². The molecule has 1 heterocycles. The highest BCUT2D eigenvalue weighted by atomic mass is 16.5. The summed E-state index contributed by atoms with van der Waals surface area (Å²) in [7, 11) is 5.74. The molecule has 1 rings (SSSR count). The third-order valence-electron chi connectivity index (χ3n) is 2.98. The Bertz CT molecular complexity index is 382. The van der Waals surface area contributed by atoms with E-state index in [0.29, 0.717) is 5.92 Å². The number of aromatic nitrogens is 2. The van der Waals surface area contributed by atoms with E-state index < -0.39 is 0 Å². The molecule has 5 nitrogen and oxygen atoms in total. The van der Waals surface area contributed by atoms with E-state index in [9.17, 15) is 0 Å². The van der Waals surface area contributed by atoms with Gasteiger partial charge in [0.2, 0.25) is 0 Å². The van der Waals surface area contributed by atoms with Gasteiger partial charge in [-0.3, -0.25) is 0 Å². The topological polar surface area (TPSA) is 50.3 Å². The van der Waals surface area contributed by atoms with Crippen molar-refractivity contribution in [1.82, 2.24) is 15.3 Å². The summed E-state index contributed by atoms with van der Waals surface area (Å²) in [6.45, 7) is 6.69. The monoisotopic (exact) mass is 266 g/mol. The number of anilines is 1. The second kappa shape index (κ2) is 8.07. The Morgan fingerprint density at radius 2 is 2.16 bits per heavy atom. The third-order valence-corrected chi connectivity index (χ3v) is 2.98.